The Labute approximate surface area is 136 Å². The molecule has 0 aliphatic heterocycles. The molecule has 0 saturated heterocycles. The fraction of sp³-hybridized carbons (Fsp3) is 0.467. The zero-order valence-electron chi connectivity index (χ0n) is 13.0. The standard InChI is InChI=1S/C15H22N2O5S/c1-23(21,22)10-9-16-15(20)17-13(7-8-14(18)19)11-12-5-3-2-4-6-12/h2-6,13H,7-11H2,1H3,(H,18,19)(H2,16,17,20). The van der Waals surface area contributed by atoms with Gasteiger partial charge in [0.25, 0.3) is 0 Å². The van der Waals surface area contributed by atoms with Crippen molar-refractivity contribution in [1.82, 2.24) is 10.6 Å². The van der Waals surface area contributed by atoms with E-state index in [0.29, 0.717) is 12.8 Å². The van der Waals surface area contributed by atoms with E-state index in [9.17, 15) is 18.0 Å². The molecule has 1 aromatic carbocycles. The number of aliphatic carboxylic acids is 1. The molecular weight excluding hydrogens is 320 g/mol. The summed E-state index contributed by atoms with van der Waals surface area (Å²) >= 11 is 0. The highest BCUT2D eigenvalue weighted by molar-refractivity contribution is 7.90. The maximum atomic E-state index is 11.8. The van der Waals surface area contributed by atoms with E-state index in [4.69, 9.17) is 5.11 Å². The molecule has 0 spiro atoms. The summed E-state index contributed by atoms with van der Waals surface area (Å²) in [6.45, 7) is 0.0155. The first-order chi connectivity index (χ1) is 10.8. The smallest absolute Gasteiger partial charge is 0.315 e. The van der Waals surface area contributed by atoms with E-state index in [1.165, 1.54) is 0 Å². The first-order valence-electron chi connectivity index (χ1n) is 7.24. The summed E-state index contributed by atoms with van der Waals surface area (Å²) in [5.74, 6) is -1.07. The Morgan fingerprint density at radius 1 is 1.22 bits per heavy atom. The monoisotopic (exact) mass is 342 g/mol. The third-order valence-electron chi connectivity index (χ3n) is 3.13. The van der Waals surface area contributed by atoms with Crippen molar-refractivity contribution >= 4 is 21.8 Å². The molecule has 0 radical (unpaired) electrons. The molecule has 1 atom stereocenters. The molecule has 0 fully saturated rings. The minimum atomic E-state index is -3.14. The van der Waals surface area contributed by atoms with E-state index in [1.807, 2.05) is 30.3 Å². The van der Waals surface area contributed by atoms with E-state index < -0.39 is 21.8 Å². The minimum absolute atomic E-state index is 0.0155. The number of benzene rings is 1. The van der Waals surface area contributed by atoms with Crippen molar-refractivity contribution in [1.29, 1.82) is 0 Å². The van der Waals surface area contributed by atoms with Gasteiger partial charge in [0.2, 0.25) is 0 Å². The van der Waals surface area contributed by atoms with Crippen LogP contribution in [0.4, 0.5) is 4.79 Å². The lowest BCUT2D eigenvalue weighted by Gasteiger charge is -2.18. The van der Waals surface area contributed by atoms with E-state index >= 15 is 0 Å². The second kappa shape index (κ2) is 9.14. The van der Waals surface area contributed by atoms with Crippen molar-refractivity contribution in [3.05, 3.63) is 35.9 Å². The first kappa shape index (κ1) is 19.0. The Morgan fingerprint density at radius 2 is 1.87 bits per heavy atom. The lowest BCUT2D eigenvalue weighted by atomic mass is 10.0. The summed E-state index contributed by atoms with van der Waals surface area (Å²) in [7, 11) is -3.14. The van der Waals surface area contributed by atoms with Gasteiger partial charge in [-0.1, -0.05) is 30.3 Å². The lowest BCUT2D eigenvalue weighted by molar-refractivity contribution is -0.137. The molecule has 0 heterocycles. The number of carboxylic acid groups (broad SMARTS) is 1. The van der Waals surface area contributed by atoms with Gasteiger partial charge >= 0.3 is 12.0 Å². The van der Waals surface area contributed by atoms with Crippen molar-refractivity contribution < 1.29 is 23.1 Å². The molecule has 128 valence electrons. The number of nitrogens with one attached hydrogen (secondary N) is 2. The molecule has 0 bridgehead atoms. The Kier molecular flexibility index (Phi) is 7.53. The van der Waals surface area contributed by atoms with Crippen LogP contribution in [0.5, 0.6) is 0 Å². The molecule has 8 heteroatoms. The molecule has 0 saturated carbocycles. The molecule has 0 aromatic heterocycles. The van der Waals surface area contributed by atoms with Gasteiger partial charge in [-0.2, -0.15) is 0 Å². The van der Waals surface area contributed by atoms with Crippen molar-refractivity contribution in [2.24, 2.45) is 0 Å². The summed E-state index contributed by atoms with van der Waals surface area (Å²) in [5.41, 5.74) is 0.985. The Hall–Kier alpha value is -2.09. The van der Waals surface area contributed by atoms with Gasteiger partial charge < -0.3 is 15.7 Å². The number of hydrogen-bond acceptors (Lipinski definition) is 4. The van der Waals surface area contributed by atoms with Crippen LogP contribution in [0, 0.1) is 0 Å². The van der Waals surface area contributed by atoms with Gasteiger partial charge in [0.1, 0.15) is 9.84 Å². The number of hydrogen-bond donors (Lipinski definition) is 3. The van der Waals surface area contributed by atoms with Crippen LogP contribution in [0.25, 0.3) is 0 Å². The highest BCUT2D eigenvalue weighted by Crippen LogP contribution is 2.08. The van der Waals surface area contributed by atoms with Crippen LogP contribution >= 0.6 is 0 Å². The number of amides is 2. The van der Waals surface area contributed by atoms with E-state index in [-0.39, 0.29) is 24.8 Å². The minimum Gasteiger partial charge on any atom is -0.481 e. The number of carbonyl (C=O) groups excluding carboxylic acids is 1. The van der Waals surface area contributed by atoms with Gasteiger partial charge in [-0.05, 0) is 18.4 Å². The molecule has 23 heavy (non-hydrogen) atoms. The van der Waals surface area contributed by atoms with Gasteiger partial charge in [0.15, 0.2) is 0 Å². The molecule has 0 aliphatic rings. The number of carboxylic acids is 1. The summed E-state index contributed by atoms with van der Waals surface area (Å²) < 4.78 is 22.0. The second-order valence-electron chi connectivity index (χ2n) is 5.35. The van der Waals surface area contributed by atoms with E-state index in [1.54, 1.807) is 0 Å². The van der Waals surface area contributed by atoms with Crippen molar-refractivity contribution in [3.63, 3.8) is 0 Å². The fourth-order valence-electron chi connectivity index (χ4n) is 2.01. The van der Waals surface area contributed by atoms with E-state index in [0.717, 1.165) is 11.8 Å². The van der Waals surface area contributed by atoms with Gasteiger partial charge in [0.05, 0.1) is 5.75 Å². The van der Waals surface area contributed by atoms with Gasteiger partial charge in [-0.3, -0.25) is 4.79 Å². The maximum Gasteiger partial charge on any atom is 0.315 e. The largest absolute Gasteiger partial charge is 0.481 e. The topological polar surface area (TPSA) is 113 Å². The molecular formula is C15H22N2O5S. The summed E-state index contributed by atoms with van der Waals surface area (Å²) in [6, 6.07) is 8.58. The van der Waals surface area contributed by atoms with Gasteiger partial charge in [0, 0.05) is 25.3 Å². The average molecular weight is 342 g/mol. The molecule has 7 nitrogen and oxygen atoms in total. The molecule has 1 aromatic rings. The van der Waals surface area contributed by atoms with Crippen LogP contribution in [-0.2, 0) is 21.1 Å². The van der Waals surface area contributed by atoms with Crippen LogP contribution in [0.3, 0.4) is 0 Å². The van der Waals surface area contributed by atoms with Gasteiger partial charge in [-0.15, -0.1) is 0 Å². The number of sulfone groups is 1. The summed E-state index contributed by atoms with van der Waals surface area (Å²) in [5, 5.41) is 14.0. The van der Waals surface area contributed by atoms with Crippen molar-refractivity contribution in [3.8, 4) is 0 Å². The molecule has 1 unspecified atom stereocenters. The molecule has 3 N–H and O–H groups in total. The quantitative estimate of drug-likeness (QED) is 0.614. The van der Waals surface area contributed by atoms with Crippen molar-refractivity contribution in [2.45, 2.75) is 25.3 Å². The SMILES string of the molecule is CS(=O)(=O)CCNC(=O)NC(CCC(=O)O)Cc1ccccc1. The first-order valence-corrected chi connectivity index (χ1v) is 9.30. The zero-order chi connectivity index (χ0) is 17.3. The third kappa shape index (κ3) is 9.51. The molecule has 0 aliphatic carbocycles. The van der Waals surface area contributed by atoms with Gasteiger partial charge in [-0.25, -0.2) is 13.2 Å². The maximum absolute atomic E-state index is 11.8. The van der Waals surface area contributed by atoms with Crippen molar-refractivity contribution in [2.75, 3.05) is 18.6 Å². The molecule has 2 amide bonds. The molecule has 1 rings (SSSR count). The number of urea groups is 1. The van der Waals surface area contributed by atoms with E-state index in [2.05, 4.69) is 10.6 Å². The predicted molar refractivity (Wildman–Crippen MR) is 87.0 cm³/mol. The predicted octanol–water partition coefficient (Wildman–Crippen LogP) is 0.806. The Balaban J connectivity index is 2.54. The number of rotatable bonds is 9. The lowest BCUT2D eigenvalue weighted by Crippen LogP contribution is -2.44. The Morgan fingerprint density at radius 3 is 2.43 bits per heavy atom. The van der Waals surface area contributed by atoms with Crippen LogP contribution in [-0.4, -0.2) is 50.1 Å². The Bertz CT molecular complexity index is 616. The summed E-state index contributed by atoms with van der Waals surface area (Å²) in [6.07, 6.45) is 1.84. The highest BCUT2D eigenvalue weighted by Gasteiger charge is 2.15. The highest BCUT2D eigenvalue weighted by atomic mass is 32.2. The van der Waals surface area contributed by atoms with Crippen LogP contribution in [0.15, 0.2) is 30.3 Å². The third-order valence-corrected chi connectivity index (χ3v) is 4.07. The zero-order valence-corrected chi connectivity index (χ0v) is 13.8. The van der Waals surface area contributed by atoms with Crippen LogP contribution in [0.2, 0.25) is 0 Å². The average Bonchev–Trinajstić information content (AvgIpc) is 2.44. The normalized spacial score (nSPS) is 12.4. The fourth-order valence-corrected chi connectivity index (χ4v) is 2.48. The second-order valence-corrected chi connectivity index (χ2v) is 7.61. The van der Waals surface area contributed by atoms with Crippen LogP contribution < -0.4 is 10.6 Å². The summed E-state index contributed by atoms with van der Waals surface area (Å²) in [4.78, 5) is 22.5. The number of carbonyl (C=O) groups is 2. The van der Waals surface area contributed by atoms with Crippen LogP contribution in [0.1, 0.15) is 18.4 Å².